The molecular weight excluding hydrogens is 202 g/mol. The zero-order chi connectivity index (χ0) is 12.0. The van der Waals surface area contributed by atoms with Gasteiger partial charge in [0.25, 0.3) is 0 Å². The van der Waals surface area contributed by atoms with E-state index in [4.69, 9.17) is 5.11 Å². The van der Waals surface area contributed by atoms with Crippen molar-refractivity contribution in [3.63, 3.8) is 0 Å². The van der Waals surface area contributed by atoms with E-state index in [1.54, 1.807) is 19.9 Å². The summed E-state index contributed by atoms with van der Waals surface area (Å²) in [6.07, 6.45) is 3.20. The highest BCUT2D eigenvalue weighted by molar-refractivity contribution is 5.92. The SMILES string of the molecule is CC(C)(CO)NC(=O)C=Cc1ccccc1. The number of aliphatic hydroxyl groups is 1. The Kier molecular flexibility index (Phi) is 4.26. The van der Waals surface area contributed by atoms with Crippen molar-refractivity contribution in [2.75, 3.05) is 6.61 Å². The predicted octanol–water partition coefficient (Wildman–Crippen LogP) is 1.59. The van der Waals surface area contributed by atoms with Crippen LogP contribution in [0.4, 0.5) is 0 Å². The van der Waals surface area contributed by atoms with Crippen LogP contribution < -0.4 is 5.32 Å². The van der Waals surface area contributed by atoms with Gasteiger partial charge in [-0.05, 0) is 25.5 Å². The zero-order valence-corrected chi connectivity index (χ0v) is 9.60. The smallest absolute Gasteiger partial charge is 0.244 e. The summed E-state index contributed by atoms with van der Waals surface area (Å²) in [5.41, 5.74) is 0.387. The highest BCUT2D eigenvalue weighted by Gasteiger charge is 2.17. The second-order valence-corrected chi connectivity index (χ2v) is 4.28. The van der Waals surface area contributed by atoms with Crippen LogP contribution in [0.3, 0.4) is 0 Å². The molecule has 0 aliphatic carbocycles. The lowest BCUT2D eigenvalue weighted by Crippen LogP contribution is -2.45. The fourth-order valence-electron chi connectivity index (χ4n) is 1.15. The normalized spacial score (nSPS) is 11.7. The maximum absolute atomic E-state index is 11.5. The maximum Gasteiger partial charge on any atom is 0.244 e. The van der Waals surface area contributed by atoms with Crippen molar-refractivity contribution in [1.29, 1.82) is 0 Å². The second-order valence-electron chi connectivity index (χ2n) is 4.28. The molecule has 0 heterocycles. The van der Waals surface area contributed by atoms with Crippen molar-refractivity contribution in [3.05, 3.63) is 42.0 Å². The van der Waals surface area contributed by atoms with E-state index >= 15 is 0 Å². The van der Waals surface area contributed by atoms with Gasteiger partial charge in [0.15, 0.2) is 0 Å². The summed E-state index contributed by atoms with van der Waals surface area (Å²) in [6.45, 7) is 3.44. The van der Waals surface area contributed by atoms with E-state index in [1.165, 1.54) is 6.08 Å². The number of amides is 1. The van der Waals surface area contributed by atoms with Crippen LogP contribution >= 0.6 is 0 Å². The number of carbonyl (C=O) groups is 1. The number of carbonyl (C=O) groups excluding carboxylic acids is 1. The van der Waals surface area contributed by atoms with E-state index in [0.717, 1.165) is 5.56 Å². The van der Waals surface area contributed by atoms with E-state index in [-0.39, 0.29) is 12.5 Å². The van der Waals surface area contributed by atoms with E-state index in [0.29, 0.717) is 0 Å². The zero-order valence-electron chi connectivity index (χ0n) is 9.60. The van der Waals surface area contributed by atoms with Crippen LogP contribution in [0.1, 0.15) is 19.4 Å². The molecule has 16 heavy (non-hydrogen) atoms. The Morgan fingerprint density at radius 1 is 1.38 bits per heavy atom. The maximum atomic E-state index is 11.5. The summed E-state index contributed by atoms with van der Waals surface area (Å²) in [4.78, 5) is 11.5. The van der Waals surface area contributed by atoms with Gasteiger partial charge >= 0.3 is 0 Å². The molecule has 0 spiro atoms. The van der Waals surface area contributed by atoms with Gasteiger partial charge in [0, 0.05) is 6.08 Å². The van der Waals surface area contributed by atoms with Crippen molar-refractivity contribution in [2.24, 2.45) is 0 Å². The van der Waals surface area contributed by atoms with Crippen LogP contribution in [0, 0.1) is 0 Å². The first-order chi connectivity index (χ1) is 7.53. The Bertz CT molecular complexity index is 369. The monoisotopic (exact) mass is 219 g/mol. The van der Waals surface area contributed by atoms with E-state index in [2.05, 4.69) is 5.32 Å². The van der Waals surface area contributed by atoms with Gasteiger partial charge in [0.05, 0.1) is 12.1 Å². The molecule has 2 N–H and O–H groups in total. The molecule has 1 amide bonds. The second kappa shape index (κ2) is 5.47. The van der Waals surface area contributed by atoms with Gasteiger partial charge < -0.3 is 10.4 Å². The van der Waals surface area contributed by atoms with Crippen molar-refractivity contribution in [2.45, 2.75) is 19.4 Å². The number of nitrogens with one attached hydrogen (secondary N) is 1. The number of rotatable bonds is 4. The van der Waals surface area contributed by atoms with Gasteiger partial charge in [-0.15, -0.1) is 0 Å². The molecular formula is C13H17NO2. The fraction of sp³-hybridized carbons (Fsp3) is 0.308. The molecule has 0 fully saturated rings. The Hall–Kier alpha value is -1.61. The Morgan fingerprint density at radius 2 is 2.00 bits per heavy atom. The van der Waals surface area contributed by atoms with Crippen LogP contribution in [0.25, 0.3) is 6.08 Å². The van der Waals surface area contributed by atoms with Crippen LogP contribution in [0.15, 0.2) is 36.4 Å². The Morgan fingerprint density at radius 3 is 2.56 bits per heavy atom. The van der Waals surface area contributed by atoms with E-state index in [9.17, 15) is 4.79 Å². The first-order valence-electron chi connectivity index (χ1n) is 5.20. The van der Waals surface area contributed by atoms with Crippen LogP contribution in [0.2, 0.25) is 0 Å². The van der Waals surface area contributed by atoms with Crippen LogP contribution in [0.5, 0.6) is 0 Å². The van der Waals surface area contributed by atoms with E-state index in [1.807, 2.05) is 30.3 Å². The molecule has 1 aromatic carbocycles. The van der Waals surface area contributed by atoms with E-state index < -0.39 is 5.54 Å². The van der Waals surface area contributed by atoms with Gasteiger partial charge in [-0.25, -0.2) is 0 Å². The first-order valence-corrected chi connectivity index (χ1v) is 5.20. The lowest BCUT2D eigenvalue weighted by molar-refractivity contribution is -0.118. The highest BCUT2D eigenvalue weighted by Crippen LogP contribution is 2.02. The molecule has 0 saturated heterocycles. The average molecular weight is 219 g/mol. The molecule has 0 aliphatic heterocycles. The average Bonchev–Trinajstić information content (AvgIpc) is 2.27. The largest absolute Gasteiger partial charge is 0.394 e. The Labute approximate surface area is 95.8 Å². The molecule has 0 radical (unpaired) electrons. The molecule has 0 atom stereocenters. The standard InChI is InChI=1S/C13H17NO2/c1-13(2,10-15)14-12(16)9-8-11-6-4-3-5-7-11/h3-9,15H,10H2,1-2H3,(H,14,16). The predicted molar refractivity (Wildman–Crippen MR) is 64.8 cm³/mol. The third-order valence-electron chi connectivity index (χ3n) is 2.08. The van der Waals surface area contributed by atoms with Gasteiger partial charge in [-0.1, -0.05) is 30.3 Å². The summed E-state index contributed by atoms with van der Waals surface area (Å²) in [5.74, 6) is -0.206. The summed E-state index contributed by atoms with van der Waals surface area (Å²) in [5, 5.41) is 11.7. The molecule has 3 nitrogen and oxygen atoms in total. The molecule has 3 heteroatoms. The third kappa shape index (κ3) is 4.28. The van der Waals surface area contributed by atoms with Crippen LogP contribution in [-0.2, 0) is 4.79 Å². The molecule has 1 aromatic rings. The molecule has 86 valence electrons. The van der Waals surface area contributed by atoms with Gasteiger partial charge in [-0.2, -0.15) is 0 Å². The van der Waals surface area contributed by atoms with Crippen molar-refractivity contribution in [1.82, 2.24) is 5.32 Å². The topological polar surface area (TPSA) is 49.3 Å². The quantitative estimate of drug-likeness (QED) is 0.755. The summed E-state index contributed by atoms with van der Waals surface area (Å²) >= 11 is 0. The Balaban J connectivity index is 2.56. The molecule has 0 bridgehead atoms. The van der Waals surface area contributed by atoms with Gasteiger partial charge in [0.2, 0.25) is 5.91 Å². The lowest BCUT2D eigenvalue weighted by atomic mass is 10.1. The minimum Gasteiger partial charge on any atom is -0.394 e. The van der Waals surface area contributed by atoms with Crippen molar-refractivity contribution < 1.29 is 9.90 Å². The minimum atomic E-state index is -0.585. The molecule has 0 unspecified atom stereocenters. The highest BCUT2D eigenvalue weighted by atomic mass is 16.3. The molecule has 1 rings (SSSR count). The first kappa shape index (κ1) is 12.5. The molecule has 0 saturated carbocycles. The number of hydrogen-bond donors (Lipinski definition) is 2. The van der Waals surface area contributed by atoms with Crippen molar-refractivity contribution >= 4 is 12.0 Å². The van der Waals surface area contributed by atoms with Gasteiger partial charge in [0.1, 0.15) is 0 Å². The number of benzene rings is 1. The minimum absolute atomic E-state index is 0.0854. The van der Waals surface area contributed by atoms with Crippen LogP contribution in [-0.4, -0.2) is 23.2 Å². The number of hydrogen-bond acceptors (Lipinski definition) is 2. The van der Waals surface area contributed by atoms with Gasteiger partial charge in [-0.3, -0.25) is 4.79 Å². The summed E-state index contributed by atoms with van der Waals surface area (Å²) in [6, 6.07) is 9.58. The molecule has 0 aromatic heterocycles. The fourth-order valence-corrected chi connectivity index (χ4v) is 1.15. The lowest BCUT2D eigenvalue weighted by Gasteiger charge is -2.22. The summed E-state index contributed by atoms with van der Waals surface area (Å²) < 4.78 is 0. The number of aliphatic hydroxyl groups excluding tert-OH is 1. The molecule has 0 aliphatic rings. The van der Waals surface area contributed by atoms with Crippen molar-refractivity contribution in [3.8, 4) is 0 Å². The third-order valence-corrected chi connectivity index (χ3v) is 2.08. The summed E-state index contributed by atoms with van der Waals surface area (Å²) in [7, 11) is 0.